The molecule has 0 aliphatic heterocycles. The molecule has 1 aromatic rings. The lowest BCUT2D eigenvalue weighted by molar-refractivity contribution is -0.0142. The molecule has 1 N–H and O–H groups in total. The van der Waals surface area contributed by atoms with Crippen LogP contribution in [0.5, 0.6) is 0 Å². The van der Waals surface area contributed by atoms with Crippen molar-refractivity contribution in [3.05, 3.63) is 23.5 Å². The predicted octanol–water partition coefficient (Wildman–Crippen LogP) is 2.81. The minimum Gasteiger partial charge on any atom is -0.342 e. The molecule has 3 nitrogen and oxygen atoms in total. The second kappa shape index (κ2) is 4.63. The lowest BCUT2D eigenvalue weighted by Crippen LogP contribution is -2.54. The van der Waals surface area contributed by atoms with E-state index in [1.165, 1.54) is 37.7 Å². The van der Waals surface area contributed by atoms with E-state index in [-0.39, 0.29) is 0 Å². The summed E-state index contributed by atoms with van der Waals surface area (Å²) >= 11 is 0. The highest BCUT2D eigenvalue weighted by Crippen LogP contribution is 2.53. The van der Waals surface area contributed by atoms with Crippen LogP contribution < -0.4 is 5.32 Å². The van der Waals surface area contributed by atoms with Crippen LogP contribution in [0, 0.1) is 35.0 Å². The molecule has 0 atom stereocenters. The molecule has 5 rings (SSSR count). The van der Waals surface area contributed by atoms with Crippen molar-refractivity contribution in [2.45, 2.75) is 44.7 Å². The molecule has 0 spiro atoms. The number of rotatable bonds is 3. The maximum absolute atomic E-state index is 9.02. The lowest BCUT2D eigenvalue weighted by Gasteiger charge is -2.54. The van der Waals surface area contributed by atoms with Gasteiger partial charge in [-0.05, 0) is 67.4 Å². The first-order chi connectivity index (χ1) is 9.72. The van der Waals surface area contributed by atoms with Crippen molar-refractivity contribution in [2.24, 2.45) is 30.7 Å². The minimum atomic E-state index is 0.730. The average Bonchev–Trinajstić information content (AvgIpc) is 2.77. The summed E-state index contributed by atoms with van der Waals surface area (Å²) in [6, 6.07) is 4.99. The first-order valence-electron chi connectivity index (χ1n) is 8.01. The zero-order valence-electron chi connectivity index (χ0n) is 12.2. The van der Waals surface area contributed by atoms with Gasteiger partial charge in [0.25, 0.3) is 0 Å². The molecule has 4 aliphatic rings. The molecular weight excluding hydrogens is 246 g/mol. The first kappa shape index (κ1) is 12.5. The number of nitrogens with one attached hydrogen (secondary N) is 1. The number of hydrogen-bond acceptors (Lipinski definition) is 2. The molecule has 0 radical (unpaired) electrons. The van der Waals surface area contributed by atoms with Crippen LogP contribution in [0.2, 0.25) is 0 Å². The Hall–Kier alpha value is -1.27. The third-order valence-corrected chi connectivity index (χ3v) is 5.94. The summed E-state index contributed by atoms with van der Waals surface area (Å²) in [6.45, 7) is 0.919. The summed E-state index contributed by atoms with van der Waals surface area (Å²) in [5.74, 6) is 3.92. The largest absolute Gasteiger partial charge is 0.342 e. The molecule has 1 aromatic heterocycles. The van der Waals surface area contributed by atoms with Crippen molar-refractivity contribution in [2.75, 3.05) is 0 Å². The molecule has 1 heterocycles. The van der Waals surface area contributed by atoms with Gasteiger partial charge in [-0.25, -0.2) is 0 Å². The third-order valence-electron chi connectivity index (χ3n) is 5.94. The quantitative estimate of drug-likeness (QED) is 0.916. The van der Waals surface area contributed by atoms with Crippen LogP contribution in [0.3, 0.4) is 0 Å². The zero-order chi connectivity index (χ0) is 13.7. The van der Waals surface area contributed by atoms with Crippen molar-refractivity contribution in [3.8, 4) is 6.07 Å². The molecule has 4 fully saturated rings. The van der Waals surface area contributed by atoms with Crippen molar-refractivity contribution in [3.63, 3.8) is 0 Å². The van der Waals surface area contributed by atoms with Gasteiger partial charge in [0.1, 0.15) is 11.8 Å². The van der Waals surface area contributed by atoms with Gasteiger partial charge < -0.3 is 9.88 Å². The number of hydrogen-bond donors (Lipinski definition) is 1. The first-order valence-corrected chi connectivity index (χ1v) is 8.01. The summed E-state index contributed by atoms with van der Waals surface area (Å²) in [5.41, 5.74) is 2.00. The maximum Gasteiger partial charge on any atom is 0.120 e. The van der Waals surface area contributed by atoms with Gasteiger partial charge in [-0.2, -0.15) is 5.26 Å². The Morgan fingerprint density at radius 1 is 1.20 bits per heavy atom. The van der Waals surface area contributed by atoms with E-state index in [0.29, 0.717) is 0 Å². The van der Waals surface area contributed by atoms with Crippen molar-refractivity contribution in [1.29, 1.82) is 5.26 Å². The highest BCUT2D eigenvalue weighted by Gasteiger charge is 2.47. The van der Waals surface area contributed by atoms with Crippen molar-refractivity contribution >= 4 is 0 Å². The molecule has 4 saturated carbocycles. The highest BCUT2D eigenvalue weighted by atomic mass is 15.0. The highest BCUT2D eigenvalue weighted by molar-refractivity contribution is 5.28. The van der Waals surface area contributed by atoms with Crippen molar-refractivity contribution < 1.29 is 0 Å². The summed E-state index contributed by atoms with van der Waals surface area (Å²) in [6.07, 6.45) is 9.45. The topological polar surface area (TPSA) is 40.8 Å². The van der Waals surface area contributed by atoms with Crippen LogP contribution in [0.1, 0.15) is 43.4 Å². The standard InChI is InChI=1S/C17H23N3/c1-20-10-13(7-16(20)8-18)9-19-17-14-3-11-2-12(5-14)6-15(17)4-11/h7,10-12,14-15,17,19H,2-6,9H2,1H3. The molecule has 4 bridgehead atoms. The van der Waals surface area contributed by atoms with Gasteiger partial charge in [0.05, 0.1) is 0 Å². The Morgan fingerprint density at radius 2 is 1.85 bits per heavy atom. The van der Waals surface area contributed by atoms with Gasteiger partial charge in [0.15, 0.2) is 0 Å². The molecule has 3 heteroatoms. The second-order valence-corrected chi connectivity index (χ2v) is 7.29. The minimum absolute atomic E-state index is 0.730. The van der Waals surface area contributed by atoms with Crippen LogP contribution in [-0.4, -0.2) is 10.6 Å². The Bertz CT molecular complexity index is 523. The smallest absolute Gasteiger partial charge is 0.120 e. The van der Waals surface area contributed by atoms with Crippen LogP contribution in [0.4, 0.5) is 0 Å². The van der Waals surface area contributed by atoms with Crippen molar-refractivity contribution in [1.82, 2.24) is 9.88 Å². The third kappa shape index (κ3) is 1.98. The Morgan fingerprint density at radius 3 is 2.40 bits per heavy atom. The molecule has 0 amide bonds. The number of aromatic nitrogens is 1. The van der Waals surface area contributed by atoms with Crippen LogP contribution in [-0.2, 0) is 13.6 Å². The lowest BCUT2D eigenvalue weighted by atomic mass is 9.54. The number of nitrogens with zero attached hydrogens (tertiary/aromatic N) is 2. The van der Waals surface area contributed by atoms with Gasteiger partial charge in [-0.15, -0.1) is 0 Å². The molecule has 0 aromatic carbocycles. The fraction of sp³-hybridized carbons (Fsp3) is 0.706. The Balaban J connectivity index is 1.43. The van der Waals surface area contributed by atoms with E-state index >= 15 is 0 Å². The summed E-state index contributed by atoms with van der Waals surface area (Å²) < 4.78 is 1.92. The SMILES string of the molecule is Cn1cc(CNC2C3CC4CC(C3)CC2C4)cc1C#N. The Labute approximate surface area is 121 Å². The monoisotopic (exact) mass is 269 g/mol. The van der Waals surface area contributed by atoms with E-state index in [0.717, 1.165) is 42.0 Å². The van der Waals surface area contributed by atoms with Crippen LogP contribution in [0.25, 0.3) is 0 Å². The fourth-order valence-corrected chi connectivity index (χ4v) is 5.33. The molecule has 106 valence electrons. The summed E-state index contributed by atoms with van der Waals surface area (Å²) in [4.78, 5) is 0. The normalized spacial score (nSPS) is 38.1. The maximum atomic E-state index is 9.02. The molecular formula is C17H23N3. The molecule has 0 saturated heterocycles. The van der Waals surface area contributed by atoms with E-state index in [1.54, 1.807) is 0 Å². The van der Waals surface area contributed by atoms with Gasteiger partial charge >= 0.3 is 0 Å². The number of nitriles is 1. The number of aryl methyl sites for hydroxylation is 1. The predicted molar refractivity (Wildman–Crippen MR) is 77.8 cm³/mol. The molecule has 0 unspecified atom stereocenters. The van der Waals surface area contributed by atoms with Gasteiger partial charge in [0.2, 0.25) is 0 Å². The van der Waals surface area contributed by atoms with E-state index in [2.05, 4.69) is 17.6 Å². The Kier molecular flexibility index (Phi) is 2.89. The van der Waals surface area contributed by atoms with E-state index < -0.39 is 0 Å². The molecule has 4 aliphatic carbocycles. The second-order valence-electron chi connectivity index (χ2n) is 7.29. The van der Waals surface area contributed by atoms with Gasteiger partial charge in [-0.3, -0.25) is 0 Å². The zero-order valence-corrected chi connectivity index (χ0v) is 12.2. The fourth-order valence-electron chi connectivity index (χ4n) is 5.33. The van der Waals surface area contributed by atoms with Crippen LogP contribution >= 0.6 is 0 Å². The van der Waals surface area contributed by atoms with Crippen LogP contribution in [0.15, 0.2) is 12.3 Å². The molecule has 20 heavy (non-hydrogen) atoms. The van der Waals surface area contributed by atoms with Gasteiger partial charge in [0, 0.05) is 25.8 Å². The van der Waals surface area contributed by atoms with Gasteiger partial charge in [-0.1, -0.05) is 0 Å². The average molecular weight is 269 g/mol. The summed E-state index contributed by atoms with van der Waals surface area (Å²) in [7, 11) is 1.95. The van der Waals surface area contributed by atoms with E-state index in [1.807, 2.05) is 17.7 Å². The summed E-state index contributed by atoms with van der Waals surface area (Å²) in [5, 5.41) is 12.8. The van der Waals surface area contributed by atoms with E-state index in [4.69, 9.17) is 5.26 Å². The van der Waals surface area contributed by atoms with E-state index in [9.17, 15) is 0 Å².